The maximum Gasteiger partial charge on any atom is 0.405 e. The molecular weight excluding hydrogens is 350 g/mol. The van der Waals surface area contributed by atoms with Crippen LogP contribution in [0.5, 0.6) is 0 Å². The summed E-state index contributed by atoms with van der Waals surface area (Å²) < 4.78 is 5.76. The average molecular weight is 375 g/mol. The molecule has 0 bridgehead atoms. The van der Waals surface area contributed by atoms with Gasteiger partial charge in [-0.05, 0) is 18.6 Å². The first-order chi connectivity index (χ1) is 12.0. The number of aromatic amines is 1. The number of H-pyrrole nitrogens is 1. The van der Waals surface area contributed by atoms with Gasteiger partial charge in [0.1, 0.15) is 5.04 Å². The van der Waals surface area contributed by atoms with E-state index >= 15 is 0 Å². The van der Waals surface area contributed by atoms with Crippen molar-refractivity contribution < 1.29 is 14.6 Å². The molecule has 140 valence electrons. The van der Waals surface area contributed by atoms with E-state index in [0.717, 1.165) is 16.5 Å². The lowest BCUT2D eigenvalue weighted by molar-refractivity contribution is -0.00870. The van der Waals surface area contributed by atoms with Crippen molar-refractivity contribution >= 4 is 33.8 Å². The zero-order chi connectivity index (χ0) is 19.2. The highest BCUT2D eigenvalue weighted by Gasteiger charge is 2.53. The third-order valence-corrected chi connectivity index (χ3v) is 6.16. The molecule has 0 radical (unpaired) electrons. The van der Waals surface area contributed by atoms with E-state index in [9.17, 15) is 9.90 Å². The second-order valence-corrected chi connectivity index (χ2v) is 8.92. The number of hydrogen-bond donors (Lipinski definition) is 3. The van der Waals surface area contributed by atoms with Crippen LogP contribution in [0.1, 0.15) is 33.3 Å². The Morgan fingerprint density at radius 1 is 1.42 bits per heavy atom. The lowest BCUT2D eigenvalue weighted by atomic mass is 9.73. The fraction of sp³-hybridized carbons (Fsp3) is 0.474. The molecule has 2 unspecified atom stereocenters. The second kappa shape index (κ2) is 6.32. The SMILES string of the molecule is CC1(O)CSC(C(Cc2c[nH]c3ccccc23)(OC(N)=O)C(C)(C)C)=N1. The number of nitrogens with one attached hydrogen (secondary N) is 1. The Hall–Kier alpha value is -1.99. The number of carbonyl (C=O) groups is 1. The molecule has 1 aliphatic heterocycles. The smallest absolute Gasteiger partial charge is 0.405 e. The molecule has 6 nitrogen and oxygen atoms in total. The predicted molar refractivity (Wildman–Crippen MR) is 105 cm³/mol. The van der Waals surface area contributed by atoms with Crippen LogP contribution in [0.25, 0.3) is 10.9 Å². The number of carbonyl (C=O) groups excluding carboxylic acids is 1. The molecule has 0 spiro atoms. The van der Waals surface area contributed by atoms with Gasteiger partial charge in [0, 0.05) is 34.7 Å². The van der Waals surface area contributed by atoms with Gasteiger partial charge >= 0.3 is 6.09 Å². The molecular formula is C19H25N3O3S. The monoisotopic (exact) mass is 375 g/mol. The molecule has 3 rings (SSSR count). The summed E-state index contributed by atoms with van der Waals surface area (Å²) >= 11 is 1.41. The molecule has 0 fully saturated rings. The van der Waals surface area contributed by atoms with Gasteiger partial charge in [-0.2, -0.15) is 0 Å². The molecule has 7 heteroatoms. The van der Waals surface area contributed by atoms with E-state index in [2.05, 4.69) is 9.98 Å². The number of ether oxygens (including phenoxy) is 1. The number of aromatic nitrogens is 1. The van der Waals surface area contributed by atoms with Crippen LogP contribution >= 0.6 is 11.8 Å². The Balaban J connectivity index is 2.15. The number of amides is 1. The minimum absolute atomic E-state index is 0.408. The van der Waals surface area contributed by atoms with Gasteiger partial charge in [0.2, 0.25) is 0 Å². The highest BCUT2D eigenvalue weighted by Crippen LogP contribution is 2.45. The van der Waals surface area contributed by atoms with E-state index in [4.69, 9.17) is 10.5 Å². The van der Waals surface area contributed by atoms with Crippen molar-refractivity contribution in [3.8, 4) is 0 Å². The van der Waals surface area contributed by atoms with Crippen LogP contribution < -0.4 is 5.73 Å². The summed E-state index contributed by atoms with van der Waals surface area (Å²) in [5.41, 5.74) is 4.72. The number of rotatable bonds is 4. The number of aliphatic imine (C=N–C) groups is 1. The molecule has 1 aromatic heterocycles. The van der Waals surface area contributed by atoms with Crippen molar-refractivity contribution in [2.45, 2.75) is 45.4 Å². The molecule has 1 amide bonds. The summed E-state index contributed by atoms with van der Waals surface area (Å²) in [4.78, 5) is 19.6. The highest BCUT2D eigenvalue weighted by atomic mass is 32.2. The van der Waals surface area contributed by atoms with Gasteiger partial charge in [0.15, 0.2) is 11.3 Å². The van der Waals surface area contributed by atoms with Gasteiger partial charge in [0.25, 0.3) is 0 Å². The largest absolute Gasteiger partial charge is 0.435 e. The van der Waals surface area contributed by atoms with Crippen LogP contribution in [0, 0.1) is 5.41 Å². The van der Waals surface area contributed by atoms with E-state index in [1.54, 1.807) is 6.92 Å². The summed E-state index contributed by atoms with van der Waals surface area (Å²) in [5.74, 6) is 0.413. The van der Waals surface area contributed by atoms with Gasteiger partial charge in [-0.3, -0.25) is 0 Å². The van der Waals surface area contributed by atoms with E-state index in [0.29, 0.717) is 17.2 Å². The number of para-hydroxylation sites is 1. The number of nitrogens with two attached hydrogens (primary N) is 1. The van der Waals surface area contributed by atoms with Crippen LogP contribution in [-0.4, -0.2) is 38.3 Å². The third-order valence-electron chi connectivity index (χ3n) is 4.77. The Bertz CT molecular complexity index is 866. The van der Waals surface area contributed by atoms with Crippen molar-refractivity contribution in [2.75, 3.05) is 5.75 Å². The van der Waals surface area contributed by atoms with Crippen LogP contribution in [0.3, 0.4) is 0 Å². The summed E-state index contributed by atoms with van der Waals surface area (Å²) in [6.45, 7) is 7.61. The van der Waals surface area contributed by atoms with Gasteiger partial charge in [-0.1, -0.05) is 39.0 Å². The van der Waals surface area contributed by atoms with Crippen LogP contribution in [0.15, 0.2) is 35.5 Å². The lowest BCUT2D eigenvalue weighted by Crippen LogP contribution is -2.54. The minimum Gasteiger partial charge on any atom is -0.435 e. The molecule has 1 aromatic carbocycles. The molecule has 26 heavy (non-hydrogen) atoms. The van der Waals surface area contributed by atoms with Crippen molar-refractivity contribution in [2.24, 2.45) is 16.1 Å². The third kappa shape index (κ3) is 3.33. The summed E-state index contributed by atoms with van der Waals surface area (Å²) in [6, 6.07) is 7.96. The van der Waals surface area contributed by atoms with Gasteiger partial charge in [-0.25, -0.2) is 9.79 Å². The first kappa shape index (κ1) is 18.8. The fourth-order valence-electron chi connectivity index (χ4n) is 3.31. The Morgan fingerprint density at radius 2 is 2.12 bits per heavy atom. The first-order valence-electron chi connectivity index (χ1n) is 8.53. The number of fused-ring (bicyclic) bond motifs is 1. The molecule has 0 aliphatic carbocycles. The normalized spacial score (nSPS) is 22.9. The van der Waals surface area contributed by atoms with E-state index in [-0.39, 0.29) is 0 Å². The maximum absolute atomic E-state index is 11.8. The van der Waals surface area contributed by atoms with Crippen molar-refractivity contribution in [3.63, 3.8) is 0 Å². The summed E-state index contributed by atoms with van der Waals surface area (Å²) in [7, 11) is 0. The van der Waals surface area contributed by atoms with E-state index in [1.165, 1.54) is 11.8 Å². The zero-order valence-corrected chi connectivity index (χ0v) is 16.3. The number of aliphatic hydroxyl groups is 1. The van der Waals surface area contributed by atoms with Gasteiger partial charge < -0.3 is 20.6 Å². The fourth-order valence-corrected chi connectivity index (χ4v) is 4.70. The van der Waals surface area contributed by atoms with Crippen molar-refractivity contribution in [3.05, 3.63) is 36.0 Å². The zero-order valence-electron chi connectivity index (χ0n) is 15.5. The highest BCUT2D eigenvalue weighted by molar-refractivity contribution is 8.14. The van der Waals surface area contributed by atoms with Crippen molar-refractivity contribution in [1.29, 1.82) is 0 Å². The number of benzene rings is 1. The number of primary amides is 1. The van der Waals surface area contributed by atoms with Crippen LogP contribution in [-0.2, 0) is 11.2 Å². The molecule has 2 aromatic rings. The molecule has 4 N–H and O–H groups in total. The van der Waals surface area contributed by atoms with E-state index < -0.39 is 22.8 Å². The molecule has 0 saturated heterocycles. The van der Waals surface area contributed by atoms with Crippen LogP contribution in [0.4, 0.5) is 4.79 Å². The Labute approximate surface area is 157 Å². The number of hydrogen-bond acceptors (Lipinski definition) is 5. The Morgan fingerprint density at radius 3 is 2.69 bits per heavy atom. The van der Waals surface area contributed by atoms with Crippen molar-refractivity contribution in [1.82, 2.24) is 4.98 Å². The Kier molecular flexibility index (Phi) is 4.56. The minimum atomic E-state index is -1.18. The predicted octanol–water partition coefficient (Wildman–Crippen LogP) is 3.44. The topological polar surface area (TPSA) is 101 Å². The summed E-state index contributed by atoms with van der Waals surface area (Å²) in [6.07, 6.45) is 1.48. The molecule has 1 aliphatic rings. The first-order valence-corrected chi connectivity index (χ1v) is 9.52. The maximum atomic E-state index is 11.8. The van der Waals surface area contributed by atoms with E-state index in [1.807, 2.05) is 51.2 Å². The van der Waals surface area contributed by atoms with Gasteiger partial charge in [0.05, 0.1) is 0 Å². The number of nitrogens with zero attached hydrogens (tertiary/aromatic N) is 1. The number of thioether (sulfide) groups is 1. The lowest BCUT2D eigenvalue weighted by Gasteiger charge is -2.43. The second-order valence-electron chi connectivity index (χ2n) is 7.96. The molecule has 0 saturated carbocycles. The molecule has 2 heterocycles. The van der Waals surface area contributed by atoms with Crippen LogP contribution in [0.2, 0.25) is 0 Å². The quantitative estimate of drug-likeness (QED) is 0.762. The standard InChI is InChI=1S/C19H25N3O3S/c1-17(2,3)19(25-16(20)23,15-22-18(4,24)11-26-15)9-12-10-21-14-8-6-5-7-13(12)14/h5-8,10,21,24H,9,11H2,1-4H3,(H2,20,23). The average Bonchev–Trinajstić information content (AvgIpc) is 3.09. The molecule has 2 atom stereocenters. The summed E-state index contributed by atoms with van der Waals surface area (Å²) in [5, 5.41) is 12.0. The van der Waals surface area contributed by atoms with Gasteiger partial charge in [-0.15, -0.1) is 11.8 Å².